The smallest absolute Gasteiger partial charge is 0.142 e. The Hall–Kier alpha value is -1.18. The van der Waals surface area contributed by atoms with Crippen LogP contribution in [0.25, 0.3) is 0 Å². The number of hydrogen-bond donors (Lipinski definition) is 1. The Labute approximate surface area is 129 Å². The second kappa shape index (κ2) is 4.93. The fraction of sp³-hybridized carbons (Fsp3) is 0.684. The molecule has 0 aliphatic heterocycles. The standard InChI is InChI=1S/C19H29NO/c1-13(2)21-16-9-7-6-8-15(16)20-17-18(3,4)14-10-11-19(17,5)12-14/h6-9,13-14,17,20H,10-12H2,1-5H3. The van der Waals surface area contributed by atoms with E-state index in [1.165, 1.54) is 19.3 Å². The van der Waals surface area contributed by atoms with Crippen LogP contribution < -0.4 is 10.1 Å². The van der Waals surface area contributed by atoms with E-state index in [0.717, 1.165) is 17.4 Å². The molecule has 3 unspecified atom stereocenters. The van der Waals surface area contributed by atoms with Crippen LogP contribution in [0.3, 0.4) is 0 Å². The van der Waals surface area contributed by atoms with Gasteiger partial charge in [0.15, 0.2) is 0 Å². The highest BCUT2D eigenvalue weighted by molar-refractivity contribution is 5.57. The third kappa shape index (κ3) is 2.43. The molecule has 0 aromatic heterocycles. The Morgan fingerprint density at radius 1 is 1.19 bits per heavy atom. The fourth-order valence-corrected chi connectivity index (χ4v) is 4.76. The topological polar surface area (TPSA) is 21.3 Å². The highest BCUT2D eigenvalue weighted by Crippen LogP contribution is 2.63. The first-order chi connectivity index (χ1) is 9.83. The number of hydrogen-bond acceptors (Lipinski definition) is 2. The van der Waals surface area contributed by atoms with Crippen molar-refractivity contribution in [2.24, 2.45) is 16.7 Å². The molecule has 0 spiro atoms. The SMILES string of the molecule is CC(C)Oc1ccccc1NC1C2(C)CCC(C2)C1(C)C. The van der Waals surface area contributed by atoms with Crippen molar-refractivity contribution in [2.75, 3.05) is 5.32 Å². The molecule has 3 atom stereocenters. The van der Waals surface area contributed by atoms with Crippen molar-refractivity contribution in [3.8, 4) is 5.75 Å². The van der Waals surface area contributed by atoms with Crippen molar-refractivity contribution in [1.29, 1.82) is 0 Å². The van der Waals surface area contributed by atoms with Crippen LogP contribution in [0.15, 0.2) is 24.3 Å². The van der Waals surface area contributed by atoms with Gasteiger partial charge in [-0.25, -0.2) is 0 Å². The zero-order valence-corrected chi connectivity index (χ0v) is 14.1. The fourth-order valence-electron chi connectivity index (χ4n) is 4.76. The van der Waals surface area contributed by atoms with Crippen LogP contribution in [0, 0.1) is 16.7 Å². The Morgan fingerprint density at radius 3 is 2.52 bits per heavy atom. The van der Waals surface area contributed by atoms with E-state index >= 15 is 0 Å². The summed E-state index contributed by atoms with van der Waals surface area (Å²) in [4.78, 5) is 0. The molecule has 2 aliphatic rings. The first kappa shape index (κ1) is 14.7. The van der Waals surface area contributed by atoms with Gasteiger partial charge in [-0.3, -0.25) is 0 Å². The molecule has 21 heavy (non-hydrogen) atoms. The molecule has 1 aromatic carbocycles. The molecule has 116 valence electrons. The number of anilines is 1. The minimum absolute atomic E-state index is 0.205. The van der Waals surface area contributed by atoms with Crippen LogP contribution in [0.1, 0.15) is 53.9 Å². The highest BCUT2D eigenvalue weighted by atomic mass is 16.5. The maximum atomic E-state index is 5.97. The molecule has 0 amide bonds. The van der Waals surface area contributed by atoms with Gasteiger partial charge in [-0.05, 0) is 62.0 Å². The summed E-state index contributed by atoms with van der Waals surface area (Å²) >= 11 is 0. The molecule has 2 saturated carbocycles. The van der Waals surface area contributed by atoms with Gasteiger partial charge in [0.2, 0.25) is 0 Å². The van der Waals surface area contributed by atoms with Crippen LogP contribution in [0.5, 0.6) is 5.75 Å². The molecule has 3 rings (SSSR count). The van der Waals surface area contributed by atoms with Gasteiger partial charge in [0, 0.05) is 6.04 Å². The van der Waals surface area contributed by atoms with E-state index in [1.54, 1.807) is 0 Å². The Morgan fingerprint density at radius 2 is 1.90 bits per heavy atom. The first-order valence-corrected chi connectivity index (χ1v) is 8.35. The second-order valence-electron chi connectivity index (χ2n) is 8.16. The van der Waals surface area contributed by atoms with E-state index in [9.17, 15) is 0 Å². The van der Waals surface area contributed by atoms with E-state index < -0.39 is 0 Å². The van der Waals surface area contributed by atoms with E-state index in [4.69, 9.17) is 4.74 Å². The maximum absolute atomic E-state index is 5.97. The lowest BCUT2D eigenvalue weighted by atomic mass is 9.68. The lowest BCUT2D eigenvalue weighted by Crippen LogP contribution is -2.45. The summed E-state index contributed by atoms with van der Waals surface area (Å²) in [6, 6.07) is 8.91. The van der Waals surface area contributed by atoms with Crippen LogP contribution in [0.4, 0.5) is 5.69 Å². The van der Waals surface area contributed by atoms with Crippen molar-refractivity contribution in [2.45, 2.75) is 66.0 Å². The van der Waals surface area contributed by atoms with Gasteiger partial charge < -0.3 is 10.1 Å². The third-order valence-corrected chi connectivity index (χ3v) is 5.82. The molecule has 2 bridgehead atoms. The Kier molecular flexibility index (Phi) is 3.46. The van der Waals surface area contributed by atoms with E-state index in [2.05, 4.69) is 64.2 Å². The first-order valence-electron chi connectivity index (χ1n) is 8.35. The molecular formula is C19H29NO. The number of ether oxygens (including phenoxy) is 1. The number of nitrogens with one attached hydrogen (secondary N) is 1. The van der Waals surface area contributed by atoms with Crippen molar-refractivity contribution in [1.82, 2.24) is 0 Å². The maximum Gasteiger partial charge on any atom is 0.142 e. The number of rotatable bonds is 4. The number of benzene rings is 1. The normalized spacial score (nSPS) is 33.4. The summed E-state index contributed by atoms with van der Waals surface area (Å²) in [7, 11) is 0. The predicted octanol–water partition coefficient (Wildman–Crippen LogP) is 5.10. The van der Waals surface area contributed by atoms with Crippen LogP contribution >= 0.6 is 0 Å². The lowest BCUT2D eigenvalue weighted by Gasteiger charge is -2.43. The molecule has 0 radical (unpaired) electrons. The van der Waals surface area contributed by atoms with E-state index in [1.807, 2.05) is 0 Å². The van der Waals surface area contributed by atoms with Crippen molar-refractivity contribution in [3.05, 3.63) is 24.3 Å². The van der Waals surface area contributed by atoms with Crippen molar-refractivity contribution >= 4 is 5.69 Å². The highest BCUT2D eigenvalue weighted by Gasteiger charge is 2.59. The monoisotopic (exact) mass is 287 g/mol. The van der Waals surface area contributed by atoms with Gasteiger partial charge in [-0.15, -0.1) is 0 Å². The largest absolute Gasteiger partial charge is 0.489 e. The van der Waals surface area contributed by atoms with Gasteiger partial charge in [0.25, 0.3) is 0 Å². The second-order valence-corrected chi connectivity index (χ2v) is 8.16. The van der Waals surface area contributed by atoms with Crippen LogP contribution in [0.2, 0.25) is 0 Å². The van der Waals surface area contributed by atoms with Crippen molar-refractivity contribution in [3.63, 3.8) is 0 Å². The molecule has 2 nitrogen and oxygen atoms in total. The van der Waals surface area contributed by atoms with E-state index in [-0.39, 0.29) is 6.10 Å². The summed E-state index contributed by atoms with van der Waals surface area (Å²) in [5.41, 5.74) is 1.94. The molecule has 2 heteroatoms. The van der Waals surface area contributed by atoms with Gasteiger partial charge in [-0.1, -0.05) is 32.9 Å². The van der Waals surface area contributed by atoms with Crippen LogP contribution in [-0.4, -0.2) is 12.1 Å². The third-order valence-electron chi connectivity index (χ3n) is 5.82. The van der Waals surface area contributed by atoms with Crippen LogP contribution in [-0.2, 0) is 0 Å². The molecule has 1 N–H and O–H groups in total. The zero-order chi connectivity index (χ0) is 15.3. The van der Waals surface area contributed by atoms with Gasteiger partial charge in [0.05, 0.1) is 11.8 Å². The summed E-state index contributed by atoms with van der Waals surface area (Å²) in [6.45, 7) is 11.5. The summed E-state index contributed by atoms with van der Waals surface area (Å²) in [5.74, 6) is 1.84. The summed E-state index contributed by atoms with van der Waals surface area (Å²) in [5, 5.41) is 3.85. The Balaban J connectivity index is 1.87. The molecule has 1 aromatic rings. The molecule has 2 aliphatic carbocycles. The minimum atomic E-state index is 0.205. The lowest BCUT2D eigenvalue weighted by molar-refractivity contribution is 0.155. The average molecular weight is 287 g/mol. The molecular weight excluding hydrogens is 258 g/mol. The molecule has 0 saturated heterocycles. The molecule has 2 fully saturated rings. The van der Waals surface area contributed by atoms with Gasteiger partial charge in [-0.2, -0.15) is 0 Å². The predicted molar refractivity (Wildman–Crippen MR) is 88.8 cm³/mol. The number of fused-ring (bicyclic) bond motifs is 2. The van der Waals surface area contributed by atoms with Gasteiger partial charge >= 0.3 is 0 Å². The van der Waals surface area contributed by atoms with E-state index in [0.29, 0.717) is 16.9 Å². The summed E-state index contributed by atoms with van der Waals surface area (Å²) in [6.07, 6.45) is 4.32. The molecule has 0 heterocycles. The minimum Gasteiger partial charge on any atom is -0.489 e. The number of para-hydroxylation sites is 2. The summed E-state index contributed by atoms with van der Waals surface area (Å²) < 4.78 is 5.97. The van der Waals surface area contributed by atoms with Gasteiger partial charge in [0.1, 0.15) is 5.75 Å². The average Bonchev–Trinajstić information content (AvgIpc) is 2.87. The quantitative estimate of drug-likeness (QED) is 0.831. The Bertz CT molecular complexity index is 517. The zero-order valence-electron chi connectivity index (χ0n) is 14.1. The van der Waals surface area contributed by atoms with Crippen molar-refractivity contribution < 1.29 is 4.74 Å².